The summed E-state index contributed by atoms with van der Waals surface area (Å²) < 4.78 is 29.0. The van der Waals surface area contributed by atoms with E-state index in [4.69, 9.17) is 5.11 Å². The molecule has 1 heterocycles. The topological polar surface area (TPSA) is 126 Å². The molecule has 3 rings (SSSR count). The number of benzene rings is 2. The lowest BCUT2D eigenvalue weighted by Crippen LogP contribution is -2.36. The molecule has 0 saturated carbocycles. The van der Waals surface area contributed by atoms with Gasteiger partial charge in [-0.05, 0) is 29.8 Å². The zero-order valence-electron chi connectivity index (χ0n) is 14.7. The molecule has 9 nitrogen and oxygen atoms in total. The summed E-state index contributed by atoms with van der Waals surface area (Å²) in [5.74, 6) is -6.40. The average molecular weight is 404 g/mol. The van der Waals surface area contributed by atoms with Gasteiger partial charge in [-0.3, -0.25) is 15.0 Å². The van der Waals surface area contributed by atoms with Crippen LogP contribution in [-0.2, 0) is 16.1 Å². The third kappa shape index (κ3) is 3.98. The van der Waals surface area contributed by atoms with Crippen LogP contribution >= 0.6 is 0 Å². The van der Waals surface area contributed by atoms with Gasteiger partial charge in [0.25, 0.3) is 0 Å². The lowest BCUT2D eigenvalue weighted by atomic mass is 10.2. The summed E-state index contributed by atoms with van der Waals surface area (Å²) in [6, 6.07) is 9.49. The summed E-state index contributed by atoms with van der Waals surface area (Å²) in [6.07, 6.45) is 0. The number of imidazole rings is 1. The number of carbonyl (C=O) groups is 3. The van der Waals surface area contributed by atoms with Crippen LogP contribution in [0, 0.1) is 11.6 Å². The normalized spacial score (nSPS) is 11.6. The Morgan fingerprint density at radius 1 is 1.00 bits per heavy atom. The van der Waals surface area contributed by atoms with Crippen molar-refractivity contribution >= 4 is 28.9 Å². The molecule has 0 aliphatic carbocycles. The highest BCUT2D eigenvalue weighted by molar-refractivity contribution is 6.33. The van der Waals surface area contributed by atoms with E-state index in [0.717, 1.165) is 16.7 Å². The Morgan fingerprint density at radius 3 is 2.31 bits per heavy atom. The SMILES string of the molecule is O=C(O)CN/N=c1/n(Cc2ccc(F)c(F)c2)c2ccccc2n1C(=O)C(=O)O. The van der Waals surface area contributed by atoms with Crippen LogP contribution in [0.4, 0.5) is 8.78 Å². The van der Waals surface area contributed by atoms with E-state index in [0.29, 0.717) is 11.1 Å². The molecule has 0 unspecified atom stereocenters. The van der Waals surface area contributed by atoms with Crippen LogP contribution in [-0.4, -0.2) is 43.7 Å². The number of carbonyl (C=O) groups excluding carboxylic acids is 1. The molecule has 0 fully saturated rings. The number of aliphatic carboxylic acids is 2. The van der Waals surface area contributed by atoms with Crippen molar-refractivity contribution in [3.05, 3.63) is 65.3 Å². The summed E-state index contributed by atoms with van der Waals surface area (Å²) in [5.41, 5.74) is 2.91. The number of hydrogen-bond donors (Lipinski definition) is 3. The maximum absolute atomic E-state index is 13.6. The maximum atomic E-state index is 13.6. The van der Waals surface area contributed by atoms with Gasteiger partial charge in [-0.1, -0.05) is 18.2 Å². The van der Waals surface area contributed by atoms with Gasteiger partial charge < -0.3 is 14.8 Å². The van der Waals surface area contributed by atoms with Crippen LogP contribution in [0.1, 0.15) is 10.4 Å². The Kier molecular flexibility index (Phi) is 5.39. The molecule has 2 aromatic carbocycles. The van der Waals surface area contributed by atoms with Gasteiger partial charge >= 0.3 is 17.8 Å². The molecule has 0 radical (unpaired) electrons. The van der Waals surface area contributed by atoms with E-state index in [-0.39, 0.29) is 17.7 Å². The van der Waals surface area contributed by atoms with Gasteiger partial charge in [0.2, 0.25) is 5.62 Å². The number of nitrogens with one attached hydrogen (secondary N) is 1. The monoisotopic (exact) mass is 404 g/mol. The van der Waals surface area contributed by atoms with Gasteiger partial charge in [-0.15, -0.1) is 5.10 Å². The fourth-order valence-corrected chi connectivity index (χ4v) is 2.78. The molecule has 3 aromatic rings. The second-order valence-corrected chi connectivity index (χ2v) is 5.91. The predicted molar refractivity (Wildman–Crippen MR) is 94.9 cm³/mol. The fraction of sp³-hybridized carbons (Fsp3) is 0.111. The van der Waals surface area contributed by atoms with E-state index in [1.165, 1.54) is 16.7 Å². The molecular weight excluding hydrogens is 390 g/mol. The van der Waals surface area contributed by atoms with Crippen molar-refractivity contribution < 1.29 is 33.4 Å². The molecule has 11 heteroatoms. The van der Waals surface area contributed by atoms with E-state index in [1.807, 2.05) is 0 Å². The molecule has 0 saturated heterocycles. The van der Waals surface area contributed by atoms with Crippen molar-refractivity contribution in [3.63, 3.8) is 0 Å². The molecule has 0 aliphatic rings. The average Bonchev–Trinajstić information content (AvgIpc) is 2.97. The molecule has 0 atom stereocenters. The van der Waals surface area contributed by atoms with E-state index < -0.39 is 36.0 Å². The van der Waals surface area contributed by atoms with Gasteiger partial charge in [0.1, 0.15) is 6.54 Å². The smallest absolute Gasteiger partial charge is 0.395 e. The molecule has 3 N–H and O–H groups in total. The molecule has 0 bridgehead atoms. The Morgan fingerprint density at radius 2 is 1.69 bits per heavy atom. The van der Waals surface area contributed by atoms with Crippen molar-refractivity contribution in [2.75, 3.05) is 6.54 Å². The third-order valence-electron chi connectivity index (χ3n) is 3.97. The summed E-state index contributed by atoms with van der Waals surface area (Å²) in [7, 11) is 0. The zero-order chi connectivity index (χ0) is 21.1. The van der Waals surface area contributed by atoms with Crippen LogP contribution in [0.15, 0.2) is 47.6 Å². The first-order chi connectivity index (χ1) is 13.8. The van der Waals surface area contributed by atoms with Crippen LogP contribution in [0.25, 0.3) is 11.0 Å². The summed E-state index contributed by atoms with van der Waals surface area (Å²) in [5, 5.41) is 21.8. The molecular formula is C18H14F2N4O5. The van der Waals surface area contributed by atoms with Gasteiger partial charge in [0, 0.05) is 0 Å². The number of aromatic nitrogens is 2. The summed E-state index contributed by atoms with van der Waals surface area (Å²) in [6.45, 7) is -0.681. The van der Waals surface area contributed by atoms with Crippen molar-refractivity contribution in [2.45, 2.75) is 6.54 Å². The summed E-state index contributed by atoms with van der Waals surface area (Å²) in [4.78, 5) is 34.3. The zero-order valence-corrected chi connectivity index (χ0v) is 14.7. The third-order valence-corrected chi connectivity index (χ3v) is 3.97. The van der Waals surface area contributed by atoms with Crippen molar-refractivity contribution in [1.82, 2.24) is 14.6 Å². The van der Waals surface area contributed by atoms with Crippen LogP contribution in [0.5, 0.6) is 0 Å². The van der Waals surface area contributed by atoms with E-state index in [2.05, 4.69) is 10.5 Å². The number of para-hydroxylation sites is 2. The number of carboxylic acid groups (broad SMARTS) is 2. The number of carboxylic acids is 2. The number of hydrogen-bond acceptors (Lipinski definition) is 5. The van der Waals surface area contributed by atoms with Crippen LogP contribution in [0.2, 0.25) is 0 Å². The fourth-order valence-electron chi connectivity index (χ4n) is 2.78. The van der Waals surface area contributed by atoms with Gasteiger partial charge in [0.05, 0.1) is 17.6 Å². The molecule has 0 aliphatic heterocycles. The highest BCUT2D eigenvalue weighted by Crippen LogP contribution is 2.16. The maximum Gasteiger partial charge on any atom is 0.395 e. The van der Waals surface area contributed by atoms with E-state index >= 15 is 0 Å². The second kappa shape index (κ2) is 7.92. The second-order valence-electron chi connectivity index (χ2n) is 5.91. The highest BCUT2D eigenvalue weighted by atomic mass is 19.2. The Balaban J connectivity index is 2.25. The Bertz CT molecular complexity index is 1200. The number of nitrogens with zero attached hydrogens (tertiary/aromatic N) is 3. The minimum Gasteiger partial charge on any atom is -0.480 e. The van der Waals surface area contributed by atoms with Gasteiger partial charge in [0.15, 0.2) is 11.6 Å². The first-order valence-electron chi connectivity index (χ1n) is 8.20. The lowest BCUT2D eigenvalue weighted by molar-refractivity contribution is -0.136. The van der Waals surface area contributed by atoms with Gasteiger partial charge in [-0.25, -0.2) is 18.1 Å². The predicted octanol–water partition coefficient (Wildman–Crippen LogP) is 0.984. The molecule has 0 amide bonds. The first-order valence-corrected chi connectivity index (χ1v) is 8.20. The van der Waals surface area contributed by atoms with E-state index in [1.54, 1.807) is 18.2 Å². The lowest BCUT2D eigenvalue weighted by Gasteiger charge is -2.06. The highest BCUT2D eigenvalue weighted by Gasteiger charge is 2.22. The Hall–Kier alpha value is -4.02. The van der Waals surface area contributed by atoms with Gasteiger partial charge in [-0.2, -0.15) is 0 Å². The minimum atomic E-state index is -1.75. The quantitative estimate of drug-likeness (QED) is 0.430. The molecule has 1 aromatic heterocycles. The largest absolute Gasteiger partial charge is 0.480 e. The van der Waals surface area contributed by atoms with E-state index in [9.17, 15) is 28.3 Å². The molecule has 150 valence electrons. The number of rotatable bonds is 5. The number of halogens is 2. The number of fused-ring (bicyclic) bond motifs is 1. The first kappa shape index (κ1) is 19.7. The molecule has 29 heavy (non-hydrogen) atoms. The van der Waals surface area contributed by atoms with Crippen LogP contribution < -0.4 is 11.0 Å². The minimum absolute atomic E-state index is 0.0921. The van der Waals surface area contributed by atoms with Crippen molar-refractivity contribution in [2.24, 2.45) is 5.10 Å². The standard InChI is InChI=1S/C18H14F2N4O5/c19-11-6-5-10(7-12(11)20)9-23-13-3-1-2-4-14(13)24(16(27)17(28)29)18(23)22-21-8-15(25)26/h1-7,21H,8-9H2,(H,25,26)(H,28,29)/b22-18-. The Labute approximate surface area is 161 Å². The van der Waals surface area contributed by atoms with Crippen molar-refractivity contribution in [1.29, 1.82) is 0 Å². The summed E-state index contributed by atoms with van der Waals surface area (Å²) >= 11 is 0. The van der Waals surface area contributed by atoms with Crippen LogP contribution in [0.3, 0.4) is 0 Å². The molecule has 0 spiro atoms. The van der Waals surface area contributed by atoms with Crippen molar-refractivity contribution in [3.8, 4) is 0 Å².